The summed E-state index contributed by atoms with van der Waals surface area (Å²) in [5.74, 6) is -0.380. The zero-order chi connectivity index (χ0) is 14.5. The van der Waals surface area contributed by atoms with Crippen molar-refractivity contribution in [1.82, 2.24) is 19.5 Å². The number of hydrogen-bond acceptors (Lipinski definition) is 5. The van der Waals surface area contributed by atoms with Gasteiger partial charge in [-0.25, -0.2) is 9.78 Å². The largest absolute Gasteiger partial charge is 0.369 e. The van der Waals surface area contributed by atoms with Crippen LogP contribution in [0.2, 0.25) is 0 Å². The number of aromatic amines is 1. The molecule has 2 heterocycles. The van der Waals surface area contributed by atoms with Gasteiger partial charge in [0.1, 0.15) is 5.82 Å². The Morgan fingerprint density at radius 2 is 2.15 bits per heavy atom. The van der Waals surface area contributed by atoms with Crippen molar-refractivity contribution in [3.05, 3.63) is 50.9 Å². The first kappa shape index (κ1) is 13.9. The van der Waals surface area contributed by atoms with E-state index in [1.165, 1.54) is 12.4 Å². The highest BCUT2D eigenvalue weighted by Gasteiger charge is 2.05. The Labute approximate surface area is 113 Å². The maximum absolute atomic E-state index is 13.1. The average molecular weight is 279 g/mol. The maximum atomic E-state index is 13.1. The zero-order valence-electron chi connectivity index (χ0n) is 10.9. The van der Waals surface area contributed by atoms with Gasteiger partial charge >= 0.3 is 5.69 Å². The average Bonchev–Trinajstić information content (AvgIpc) is 2.44. The number of rotatable bonds is 5. The molecule has 0 aliphatic heterocycles. The van der Waals surface area contributed by atoms with Gasteiger partial charge in [-0.1, -0.05) is 6.92 Å². The van der Waals surface area contributed by atoms with Crippen molar-refractivity contribution in [2.75, 3.05) is 11.9 Å². The normalized spacial score (nSPS) is 10.5. The first-order chi connectivity index (χ1) is 9.60. The van der Waals surface area contributed by atoms with Gasteiger partial charge in [-0.3, -0.25) is 19.3 Å². The van der Waals surface area contributed by atoms with Crippen LogP contribution in [0.15, 0.2) is 28.2 Å². The third-order valence-electron chi connectivity index (χ3n) is 2.56. The van der Waals surface area contributed by atoms with Crippen molar-refractivity contribution in [2.24, 2.45) is 0 Å². The summed E-state index contributed by atoms with van der Waals surface area (Å²) in [5, 5.41) is 3.06. The fourth-order valence-electron chi connectivity index (χ4n) is 1.56. The quantitative estimate of drug-likeness (QED) is 0.823. The van der Waals surface area contributed by atoms with E-state index in [0.29, 0.717) is 11.5 Å². The molecule has 0 atom stereocenters. The molecule has 8 heteroatoms. The SMILES string of the molecule is CCCNc1cnc(Cn2cc(F)c(=O)[nH]c2=O)cn1. The van der Waals surface area contributed by atoms with Crippen molar-refractivity contribution in [2.45, 2.75) is 19.9 Å². The van der Waals surface area contributed by atoms with Gasteiger partial charge < -0.3 is 5.32 Å². The van der Waals surface area contributed by atoms with Crippen LogP contribution in [-0.2, 0) is 6.54 Å². The molecule has 106 valence electrons. The van der Waals surface area contributed by atoms with Crippen LogP contribution in [0.3, 0.4) is 0 Å². The lowest BCUT2D eigenvalue weighted by atomic mass is 10.4. The molecule has 0 aliphatic carbocycles. The second-order valence-corrected chi connectivity index (χ2v) is 4.18. The Hall–Kier alpha value is -2.51. The van der Waals surface area contributed by atoms with E-state index in [9.17, 15) is 14.0 Å². The molecule has 7 nitrogen and oxygen atoms in total. The molecule has 0 radical (unpaired) electrons. The van der Waals surface area contributed by atoms with Crippen LogP contribution in [0.5, 0.6) is 0 Å². The second kappa shape index (κ2) is 6.09. The summed E-state index contributed by atoms with van der Waals surface area (Å²) in [7, 11) is 0. The summed E-state index contributed by atoms with van der Waals surface area (Å²) in [5.41, 5.74) is -1.23. The lowest BCUT2D eigenvalue weighted by molar-refractivity contribution is 0.563. The molecule has 2 aromatic rings. The van der Waals surface area contributed by atoms with E-state index < -0.39 is 17.1 Å². The molecule has 0 bridgehead atoms. The molecule has 0 saturated heterocycles. The summed E-state index contributed by atoms with van der Waals surface area (Å²) in [6, 6.07) is 0. The minimum atomic E-state index is -1.03. The minimum Gasteiger partial charge on any atom is -0.369 e. The maximum Gasteiger partial charge on any atom is 0.328 e. The van der Waals surface area contributed by atoms with Gasteiger partial charge in [-0.15, -0.1) is 0 Å². The minimum absolute atomic E-state index is 0.0353. The van der Waals surface area contributed by atoms with Gasteiger partial charge in [0.2, 0.25) is 5.82 Å². The third-order valence-corrected chi connectivity index (χ3v) is 2.56. The van der Waals surface area contributed by atoms with Crippen LogP contribution in [0.1, 0.15) is 19.0 Å². The van der Waals surface area contributed by atoms with E-state index >= 15 is 0 Å². The molecule has 2 rings (SSSR count). The molecule has 2 aromatic heterocycles. The molecular weight excluding hydrogens is 265 g/mol. The molecule has 2 N–H and O–H groups in total. The fourth-order valence-corrected chi connectivity index (χ4v) is 1.56. The Balaban J connectivity index is 2.16. The van der Waals surface area contributed by atoms with Gasteiger partial charge in [0.25, 0.3) is 5.56 Å². The Kier molecular flexibility index (Phi) is 4.24. The van der Waals surface area contributed by atoms with Crippen molar-refractivity contribution >= 4 is 5.82 Å². The van der Waals surface area contributed by atoms with E-state index in [0.717, 1.165) is 23.7 Å². The Morgan fingerprint density at radius 1 is 1.35 bits per heavy atom. The summed E-state index contributed by atoms with van der Waals surface area (Å²) >= 11 is 0. The second-order valence-electron chi connectivity index (χ2n) is 4.18. The molecule has 0 aliphatic rings. The van der Waals surface area contributed by atoms with E-state index in [2.05, 4.69) is 15.3 Å². The van der Waals surface area contributed by atoms with Crippen molar-refractivity contribution in [3.8, 4) is 0 Å². The summed E-state index contributed by atoms with van der Waals surface area (Å²) in [4.78, 5) is 32.5. The van der Waals surface area contributed by atoms with Crippen LogP contribution in [0.4, 0.5) is 10.2 Å². The van der Waals surface area contributed by atoms with Gasteiger partial charge in [0.05, 0.1) is 30.8 Å². The van der Waals surface area contributed by atoms with Crippen LogP contribution >= 0.6 is 0 Å². The Morgan fingerprint density at radius 3 is 2.80 bits per heavy atom. The zero-order valence-corrected chi connectivity index (χ0v) is 10.9. The highest BCUT2D eigenvalue weighted by Crippen LogP contribution is 2.02. The fraction of sp³-hybridized carbons (Fsp3) is 0.333. The van der Waals surface area contributed by atoms with Crippen LogP contribution < -0.4 is 16.6 Å². The predicted molar refractivity (Wildman–Crippen MR) is 71.2 cm³/mol. The predicted octanol–water partition coefficient (Wildman–Crippen LogP) is 0.336. The topological polar surface area (TPSA) is 92.7 Å². The van der Waals surface area contributed by atoms with Crippen molar-refractivity contribution in [3.63, 3.8) is 0 Å². The van der Waals surface area contributed by atoms with Gasteiger partial charge in [-0.05, 0) is 6.42 Å². The molecule has 0 amide bonds. The van der Waals surface area contributed by atoms with E-state index in [1.54, 1.807) is 0 Å². The number of hydrogen-bond donors (Lipinski definition) is 2. The highest BCUT2D eigenvalue weighted by molar-refractivity contribution is 5.30. The number of aromatic nitrogens is 4. The molecule has 0 unspecified atom stereocenters. The lowest BCUT2D eigenvalue weighted by Crippen LogP contribution is -2.31. The summed E-state index contributed by atoms with van der Waals surface area (Å²) in [6.07, 6.45) is 4.85. The third kappa shape index (κ3) is 3.28. The molecule has 0 spiro atoms. The van der Waals surface area contributed by atoms with Crippen LogP contribution in [0.25, 0.3) is 0 Å². The summed E-state index contributed by atoms with van der Waals surface area (Å²) < 4.78 is 14.1. The van der Waals surface area contributed by atoms with E-state index in [-0.39, 0.29) is 6.54 Å². The first-order valence-electron chi connectivity index (χ1n) is 6.14. The Bertz CT molecular complexity index is 692. The molecule has 0 fully saturated rings. The van der Waals surface area contributed by atoms with E-state index in [1.807, 2.05) is 11.9 Å². The van der Waals surface area contributed by atoms with Gasteiger partial charge in [0, 0.05) is 6.54 Å². The van der Waals surface area contributed by atoms with Gasteiger partial charge in [-0.2, -0.15) is 4.39 Å². The van der Waals surface area contributed by atoms with Crippen molar-refractivity contribution < 1.29 is 4.39 Å². The standard InChI is InChI=1S/C12H14FN5O2/c1-2-3-14-10-5-15-8(4-16-10)6-18-7-9(13)11(19)17-12(18)20/h4-5,7H,2-3,6H2,1H3,(H,14,16)(H,17,19,20). The molecule has 0 aromatic carbocycles. The lowest BCUT2D eigenvalue weighted by Gasteiger charge is -2.06. The van der Waals surface area contributed by atoms with Crippen LogP contribution in [-0.4, -0.2) is 26.1 Å². The number of H-pyrrole nitrogens is 1. The number of nitrogens with zero attached hydrogens (tertiary/aromatic N) is 3. The highest BCUT2D eigenvalue weighted by atomic mass is 19.1. The first-order valence-corrected chi connectivity index (χ1v) is 6.14. The van der Waals surface area contributed by atoms with Crippen LogP contribution in [0, 0.1) is 5.82 Å². The number of halogens is 1. The van der Waals surface area contributed by atoms with Crippen molar-refractivity contribution in [1.29, 1.82) is 0 Å². The molecular formula is C12H14FN5O2. The van der Waals surface area contributed by atoms with Gasteiger partial charge in [0.15, 0.2) is 0 Å². The molecule has 20 heavy (non-hydrogen) atoms. The number of anilines is 1. The van der Waals surface area contributed by atoms with E-state index in [4.69, 9.17) is 0 Å². The smallest absolute Gasteiger partial charge is 0.328 e. The number of nitrogens with one attached hydrogen (secondary N) is 2. The monoisotopic (exact) mass is 279 g/mol. The summed E-state index contributed by atoms with van der Waals surface area (Å²) in [6.45, 7) is 2.86. The molecule has 0 saturated carbocycles.